The van der Waals surface area contributed by atoms with Crippen molar-refractivity contribution in [2.75, 3.05) is 39.6 Å². The zero-order chi connectivity index (χ0) is 74.2. The summed E-state index contributed by atoms with van der Waals surface area (Å²) in [6.45, 7) is 9.68. The maximum absolute atomic E-state index is 13.1. The summed E-state index contributed by atoms with van der Waals surface area (Å²) in [6, 6.07) is 0. The van der Waals surface area contributed by atoms with E-state index < -0.39 is 97.5 Å². The van der Waals surface area contributed by atoms with Crippen LogP contribution in [0.3, 0.4) is 0 Å². The average molecular weight is 1480 g/mol. The molecule has 600 valence electrons. The van der Waals surface area contributed by atoms with Crippen LogP contribution in [0.25, 0.3) is 0 Å². The number of esters is 4. The Labute approximate surface area is 619 Å². The predicted octanol–water partition coefficient (Wildman–Crippen LogP) is 24.7. The van der Waals surface area contributed by atoms with Crippen LogP contribution in [0, 0.1) is 11.8 Å². The Kier molecular flexibility index (Phi) is 72.2. The van der Waals surface area contributed by atoms with Gasteiger partial charge in [-0.25, -0.2) is 9.13 Å². The van der Waals surface area contributed by atoms with Gasteiger partial charge in [-0.3, -0.25) is 37.3 Å². The van der Waals surface area contributed by atoms with Crippen LogP contribution in [0.15, 0.2) is 0 Å². The Morgan fingerprint density at radius 1 is 0.287 bits per heavy atom. The molecule has 101 heavy (non-hydrogen) atoms. The lowest BCUT2D eigenvalue weighted by atomic mass is 9.99. The molecule has 0 aliphatic carbocycles. The van der Waals surface area contributed by atoms with Gasteiger partial charge in [0.1, 0.15) is 19.3 Å². The van der Waals surface area contributed by atoms with Gasteiger partial charge in [0.25, 0.3) is 0 Å². The fraction of sp³-hybridized carbons (Fsp3) is 0.951. The minimum Gasteiger partial charge on any atom is -0.462 e. The van der Waals surface area contributed by atoms with Gasteiger partial charge in [0.2, 0.25) is 0 Å². The van der Waals surface area contributed by atoms with E-state index in [2.05, 4.69) is 41.5 Å². The van der Waals surface area contributed by atoms with Gasteiger partial charge in [-0.15, -0.1) is 0 Å². The standard InChI is InChI=1S/C82H160O17P2/c1-7-10-12-14-16-18-20-22-24-26-31-35-39-46-52-58-64-79(84)92-70-77(98-81(86)67-61-55-49-41-37-33-29-28-30-34-38-44-50-56-62-74(4)5)72-96-100(88,89)94-68-76(83)69-95-101(90,91)97-73-78(71-93-80(85)65-59-53-47-43-42-45-51-57-63-75(6)9-3)99-82(87)66-60-54-48-40-36-32-27-25-23-21-19-17-15-13-11-8-2/h74-78,83H,7-73H2,1-6H3,(H,88,89)(H,90,91)/t75?,76-,77-,78-/m1/s1. The van der Waals surface area contributed by atoms with Crippen LogP contribution in [0.4, 0.5) is 0 Å². The number of phosphoric acid groups is 2. The smallest absolute Gasteiger partial charge is 0.462 e. The molecule has 17 nitrogen and oxygen atoms in total. The van der Waals surface area contributed by atoms with E-state index in [1.165, 1.54) is 250 Å². The van der Waals surface area contributed by atoms with Gasteiger partial charge in [0, 0.05) is 25.7 Å². The summed E-state index contributed by atoms with van der Waals surface area (Å²) in [5, 5.41) is 10.7. The van der Waals surface area contributed by atoms with Crippen molar-refractivity contribution >= 4 is 39.5 Å². The molecule has 0 fully saturated rings. The Bertz CT molecular complexity index is 1940. The molecule has 0 aliphatic rings. The van der Waals surface area contributed by atoms with Crippen molar-refractivity contribution in [2.45, 2.75) is 452 Å². The molecular weight excluding hydrogens is 1320 g/mol. The fourth-order valence-corrected chi connectivity index (χ4v) is 14.3. The van der Waals surface area contributed by atoms with Gasteiger partial charge in [0.15, 0.2) is 12.2 Å². The topological polar surface area (TPSA) is 237 Å². The van der Waals surface area contributed by atoms with E-state index in [-0.39, 0.29) is 25.7 Å². The molecule has 0 aliphatic heterocycles. The van der Waals surface area contributed by atoms with Crippen molar-refractivity contribution in [1.29, 1.82) is 0 Å². The van der Waals surface area contributed by atoms with E-state index in [4.69, 9.17) is 37.0 Å². The van der Waals surface area contributed by atoms with Gasteiger partial charge in [0.05, 0.1) is 26.4 Å². The van der Waals surface area contributed by atoms with Crippen LogP contribution >= 0.6 is 15.6 Å². The summed E-state index contributed by atoms with van der Waals surface area (Å²) in [6.07, 6.45) is 63.6. The fourth-order valence-electron chi connectivity index (χ4n) is 12.7. The van der Waals surface area contributed by atoms with Gasteiger partial charge >= 0.3 is 39.5 Å². The highest BCUT2D eigenvalue weighted by Crippen LogP contribution is 2.45. The van der Waals surface area contributed by atoms with Crippen LogP contribution in [0.1, 0.15) is 433 Å². The molecule has 6 atom stereocenters. The number of rotatable bonds is 81. The molecule has 0 aromatic carbocycles. The summed E-state index contributed by atoms with van der Waals surface area (Å²) in [7, 11) is -9.92. The molecule has 0 amide bonds. The third-order valence-electron chi connectivity index (χ3n) is 19.6. The largest absolute Gasteiger partial charge is 0.472 e. The number of hydrogen-bond donors (Lipinski definition) is 3. The summed E-state index contributed by atoms with van der Waals surface area (Å²) in [5.74, 6) is -0.532. The van der Waals surface area contributed by atoms with Crippen molar-refractivity contribution in [3.05, 3.63) is 0 Å². The van der Waals surface area contributed by atoms with Crippen molar-refractivity contribution in [2.24, 2.45) is 11.8 Å². The van der Waals surface area contributed by atoms with E-state index >= 15 is 0 Å². The number of ether oxygens (including phenoxy) is 4. The highest BCUT2D eigenvalue weighted by Gasteiger charge is 2.30. The van der Waals surface area contributed by atoms with Gasteiger partial charge in [-0.1, -0.05) is 382 Å². The minimum absolute atomic E-state index is 0.108. The summed E-state index contributed by atoms with van der Waals surface area (Å²) in [5.41, 5.74) is 0. The first-order chi connectivity index (χ1) is 48.9. The number of phosphoric ester groups is 2. The van der Waals surface area contributed by atoms with E-state index in [9.17, 15) is 43.2 Å². The van der Waals surface area contributed by atoms with Crippen LogP contribution in [-0.2, 0) is 65.4 Å². The maximum Gasteiger partial charge on any atom is 0.472 e. The monoisotopic (exact) mass is 1480 g/mol. The number of carbonyl (C=O) groups is 4. The van der Waals surface area contributed by atoms with E-state index in [1.807, 2.05) is 0 Å². The highest BCUT2D eigenvalue weighted by atomic mass is 31.2. The second kappa shape index (κ2) is 73.6. The first kappa shape index (κ1) is 99.1. The number of hydrogen-bond acceptors (Lipinski definition) is 15. The molecule has 0 radical (unpaired) electrons. The molecule has 0 bridgehead atoms. The van der Waals surface area contributed by atoms with Gasteiger partial charge < -0.3 is 33.8 Å². The van der Waals surface area contributed by atoms with Crippen molar-refractivity contribution < 1.29 is 80.2 Å². The molecule has 0 aromatic rings. The third-order valence-corrected chi connectivity index (χ3v) is 21.5. The molecule has 0 rings (SSSR count). The minimum atomic E-state index is -4.96. The zero-order valence-corrected chi connectivity index (χ0v) is 68.0. The van der Waals surface area contributed by atoms with Crippen molar-refractivity contribution in [1.82, 2.24) is 0 Å². The number of aliphatic hydroxyl groups is 1. The van der Waals surface area contributed by atoms with E-state index in [0.717, 1.165) is 102 Å². The second-order valence-electron chi connectivity index (χ2n) is 30.2. The van der Waals surface area contributed by atoms with Crippen LogP contribution < -0.4 is 0 Å². The van der Waals surface area contributed by atoms with Crippen LogP contribution in [-0.4, -0.2) is 96.7 Å². The lowest BCUT2D eigenvalue weighted by Crippen LogP contribution is -2.30. The predicted molar refractivity (Wildman–Crippen MR) is 414 cm³/mol. The zero-order valence-electron chi connectivity index (χ0n) is 66.2. The van der Waals surface area contributed by atoms with Gasteiger partial charge in [-0.2, -0.15) is 0 Å². The summed E-state index contributed by atoms with van der Waals surface area (Å²) < 4.78 is 68.8. The number of carbonyl (C=O) groups excluding carboxylic acids is 4. The van der Waals surface area contributed by atoms with Gasteiger partial charge in [-0.05, 0) is 37.5 Å². The Morgan fingerprint density at radius 2 is 0.505 bits per heavy atom. The Balaban J connectivity index is 5.27. The first-order valence-corrected chi connectivity index (χ1v) is 45.5. The number of aliphatic hydroxyl groups excluding tert-OH is 1. The molecule has 3 unspecified atom stereocenters. The molecular formula is C82H160O17P2. The third kappa shape index (κ3) is 74.7. The molecule has 0 spiro atoms. The SMILES string of the molecule is CCCCCCCCCCCCCCCCCCC(=O)OC[C@H](COP(=O)(O)OC[C@@H](O)COP(=O)(O)OC[C@@H](COC(=O)CCCCCCCCCCC(C)CC)OC(=O)CCCCCCCCCCCCCCCCCC)OC(=O)CCCCCCCCCCCCCCCCC(C)C. The second-order valence-corrected chi connectivity index (χ2v) is 33.1. The number of unbranched alkanes of at least 4 members (excludes halogenated alkanes) is 50. The average Bonchev–Trinajstić information content (AvgIpc) is 0.941. The molecule has 3 N–H and O–H groups in total. The lowest BCUT2D eigenvalue weighted by molar-refractivity contribution is -0.161. The molecule has 0 saturated carbocycles. The Hall–Kier alpha value is -1.94. The van der Waals surface area contributed by atoms with E-state index in [0.29, 0.717) is 25.7 Å². The lowest BCUT2D eigenvalue weighted by Gasteiger charge is -2.21. The van der Waals surface area contributed by atoms with Crippen molar-refractivity contribution in [3.63, 3.8) is 0 Å². The quantitative estimate of drug-likeness (QED) is 0.0222. The Morgan fingerprint density at radius 3 is 0.752 bits per heavy atom. The first-order valence-electron chi connectivity index (χ1n) is 42.5. The highest BCUT2D eigenvalue weighted by molar-refractivity contribution is 7.47. The molecule has 0 heterocycles. The van der Waals surface area contributed by atoms with Crippen LogP contribution in [0.5, 0.6) is 0 Å². The summed E-state index contributed by atoms with van der Waals surface area (Å²) >= 11 is 0. The maximum atomic E-state index is 13.1. The van der Waals surface area contributed by atoms with Crippen LogP contribution in [0.2, 0.25) is 0 Å². The summed E-state index contributed by atoms with van der Waals surface area (Å²) in [4.78, 5) is 73.1. The molecule has 0 saturated heterocycles. The van der Waals surface area contributed by atoms with Crippen molar-refractivity contribution in [3.8, 4) is 0 Å². The molecule has 0 aromatic heterocycles. The van der Waals surface area contributed by atoms with E-state index in [1.54, 1.807) is 0 Å². The normalized spacial score (nSPS) is 14.2. The molecule has 19 heteroatoms.